The highest BCUT2D eigenvalue weighted by Gasteiger charge is 2.37. The van der Waals surface area contributed by atoms with Crippen LogP contribution in [0.3, 0.4) is 0 Å². The molecule has 0 spiro atoms. The van der Waals surface area contributed by atoms with Gasteiger partial charge in [0.1, 0.15) is 0 Å². The van der Waals surface area contributed by atoms with Crippen LogP contribution in [-0.2, 0) is 4.79 Å². The summed E-state index contributed by atoms with van der Waals surface area (Å²) in [5.74, 6) is -0.407. The fraction of sp³-hybridized carbons (Fsp3) is 0.533. The van der Waals surface area contributed by atoms with Crippen LogP contribution < -0.4 is 0 Å². The molecule has 4 rings (SSSR count). The van der Waals surface area contributed by atoms with Gasteiger partial charge in [0.25, 0.3) is 5.91 Å². The number of amides is 1. The molecule has 6 heteroatoms. The molecule has 1 aromatic rings. The average Bonchev–Trinajstić information content (AvgIpc) is 2.78. The first-order chi connectivity index (χ1) is 10.1. The molecule has 3 saturated heterocycles. The minimum absolute atomic E-state index is 0.0199. The van der Waals surface area contributed by atoms with E-state index in [-0.39, 0.29) is 18.5 Å². The minimum Gasteiger partial charge on any atom is -0.480 e. The zero-order valence-electron chi connectivity index (χ0n) is 11.8. The van der Waals surface area contributed by atoms with Crippen molar-refractivity contribution < 1.29 is 14.7 Å². The summed E-state index contributed by atoms with van der Waals surface area (Å²) >= 11 is 0. The van der Waals surface area contributed by atoms with Crippen LogP contribution in [0.4, 0.5) is 0 Å². The second-order valence-electron chi connectivity index (χ2n) is 5.87. The maximum atomic E-state index is 12.6. The molecule has 6 nitrogen and oxygen atoms in total. The van der Waals surface area contributed by atoms with Gasteiger partial charge in [0.2, 0.25) is 0 Å². The van der Waals surface area contributed by atoms with E-state index in [0.717, 1.165) is 19.4 Å². The lowest BCUT2D eigenvalue weighted by Gasteiger charge is -2.34. The maximum absolute atomic E-state index is 12.6. The molecule has 112 valence electrons. The zero-order chi connectivity index (χ0) is 14.8. The zero-order valence-corrected chi connectivity index (χ0v) is 11.8. The lowest BCUT2D eigenvalue weighted by molar-refractivity contribution is -0.139. The number of carboxylic acid groups (broad SMARTS) is 1. The smallest absolute Gasteiger partial charge is 0.317 e. The molecule has 3 fully saturated rings. The van der Waals surface area contributed by atoms with Gasteiger partial charge in [0.15, 0.2) is 0 Å². The van der Waals surface area contributed by atoms with E-state index in [1.54, 1.807) is 24.5 Å². The number of hydrogen-bond donors (Lipinski definition) is 1. The average molecular weight is 289 g/mol. The van der Waals surface area contributed by atoms with Crippen LogP contribution >= 0.6 is 0 Å². The van der Waals surface area contributed by atoms with Gasteiger partial charge in [-0.1, -0.05) is 0 Å². The number of carboxylic acids is 1. The molecule has 0 radical (unpaired) electrons. The number of rotatable bonds is 3. The second-order valence-corrected chi connectivity index (χ2v) is 5.87. The van der Waals surface area contributed by atoms with Gasteiger partial charge < -0.3 is 10.0 Å². The highest BCUT2D eigenvalue weighted by molar-refractivity contribution is 5.94. The molecule has 1 aromatic heterocycles. The van der Waals surface area contributed by atoms with Crippen LogP contribution in [0.2, 0.25) is 0 Å². The molecule has 0 aromatic carbocycles. The Morgan fingerprint density at radius 2 is 1.95 bits per heavy atom. The summed E-state index contributed by atoms with van der Waals surface area (Å²) in [6, 6.07) is 3.61. The molecule has 21 heavy (non-hydrogen) atoms. The molecule has 0 aliphatic carbocycles. The Morgan fingerprint density at radius 3 is 2.67 bits per heavy atom. The number of fused-ring (bicyclic) bond motifs is 4. The molecule has 2 bridgehead atoms. The summed E-state index contributed by atoms with van der Waals surface area (Å²) in [5, 5.41) is 9.01. The highest BCUT2D eigenvalue weighted by atomic mass is 16.4. The van der Waals surface area contributed by atoms with Crippen molar-refractivity contribution in [3.8, 4) is 0 Å². The normalized spacial score (nSPS) is 25.6. The first kappa shape index (κ1) is 14.0. The fourth-order valence-electron chi connectivity index (χ4n) is 3.39. The Hall–Kier alpha value is -1.95. The van der Waals surface area contributed by atoms with Gasteiger partial charge in [0.05, 0.1) is 6.54 Å². The molecule has 1 N–H and O–H groups in total. The summed E-state index contributed by atoms with van der Waals surface area (Å²) in [6.45, 7) is 2.17. The number of piperidine rings is 1. The van der Waals surface area contributed by atoms with Crippen LogP contribution in [-0.4, -0.2) is 64.0 Å². The van der Waals surface area contributed by atoms with Crippen LogP contribution in [0.25, 0.3) is 0 Å². The number of carbonyl (C=O) groups excluding carboxylic acids is 1. The summed E-state index contributed by atoms with van der Waals surface area (Å²) in [4.78, 5) is 31.3. The van der Waals surface area contributed by atoms with E-state index in [9.17, 15) is 9.59 Å². The van der Waals surface area contributed by atoms with Gasteiger partial charge in [0, 0.05) is 43.6 Å². The van der Waals surface area contributed by atoms with E-state index in [0.29, 0.717) is 24.6 Å². The van der Waals surface area contributed by atoms with Crippen molar-refractivity contribution in [1.29, 1.82) is 0 Å². The summed E-state index contributed by atoms with van der Waals surface area (Å²) < 4.78 is 0. The number of aromatic nitrogens is 1. The van der Waals surface area contributed by atoms with Gasteiger partial charge in [-0.2, -0.15) is 0 Å². The molecule has 3 aliphatic heterocycles. The van der Waals surface area contributed by atoms with E-state index < -0.39 is 5.97 Å². The molecular formula is C15H19N3O3. The number of carbonyl (C=O) groups is 2. The van der Waals surface area contributed by atoms with Crippen molar-refractivity contribution in [2.45, 2.75) is 18.9 Å². The highest BCUT2D eigenvalue weighted by Crippen LogP contribution is 2.28. The largest absolute Gasteiger partial charge is 0.480 e. The molecular weight excluding hydrogens is 270 g/mol. The van der Waals surface area contributed by atoms with Gasteiger partial charge in [-0.15, -0.1) is 0 Å². The molecule has 1 amide bonds. The van der Waals surface area contributed by atoms with Crippen LogP contribution in [0, 0.1) is 5.92 Å². The van der Waals surface area contributed by atoms with Crippen molar-refractivity contribution in [1.82, 2.24) is 14.8 Å². The Kier molecular flexibility index (Phi) is 3.88. The van der Waals surface area contributed by atoms with Crippen LogP contribution in [0.1, 0.15) is 23.2 Å². The first-order valence-corrected chi connectivity index (χ1v) is 7.28. The summed E-state index contributed by atoms with van der Waals surface area (Å²) in [7, 11) is 0. The Bertz CT molecular complexity index is 534. The third-order valence-electron chi connectivity index (χ3n) is 4.38. The fourth-order valence-corrected chi connectivity index (χ4v) is 3.39. The van der Waals surface area contributed by atoms with Crippen molar-refractivity contribution in [2.75, 3.05) is 26.2 Å². The van der Waals surface area contributed by atoms with Crippen molar-refractivity contribution in [3.05, 3.63) is 30.1 Å². The van der Waals surface area contributed by atoms with Crippen molar-refractivity contribution in [2.24, 2.45) is 5.92 Å². The number of pyridine rings is 1. The summed E-state index contributed by atoms with van der Waals surface area (Å²) in [6.07, 6.45) is 5.28. The Morgan fingerprint density at radius 1 is 1.19 bits per heavy atom. The molecule has 2 unspecified atom stereocenters. The van der Waals surface area contributed by atoms with E-state index in [4.69, 9.17) is 5.11 Å². The Balaban J connectivity index is 1.75. The molecule has 0 saturated carbocycles. The number of hydrogen-bond acceptors (Lipinski definition) is 4. The summed E-state index contributed by atoms with van der Waals surface area (Å²) in [5.41, 5.74) is 0.649. The second kappa shape index (κ2) is 5.81. The van der Waals surface area contributed by atoms with Crippen LogP contribution in [0.15, 0.2) is 24.5 Å². The minimum atomic E-state index is -0.797. The quantitative estimate of drug-likeness (QED) is 0.887. The molecule has 4 heterocycles. The van der Waals surface area contributed by atoms with E-state index in [1.807, 2.05) is 9.80 Å². The van der Waals surface area contributed by atoms with E-state index >= 15 is 0 Å². The van der Waals surface area contributed by atoms with E-state index in [2.05, 4.69) is 4.98 Å². The Labute approximate surface area is 123 Å². The van der Waals surface area contributed by atoms with E-state index in [1.165, 1.54) is 0 Å². The topological polar surface area (TPSA) is 73.7 Å². The third kappa shape index (κ3) is 3.05. The molecule has 2 atom stereocenters. The van der Waals surface area contributed by atoms with Crippen LogP contribution in [0.5, 0.6) is 0 Å². The third-order valence-corrected chi connectivity index (χ3v) is 4.38. The van der Waals surface area contributed by atoms with Gasteiger partial charge in [-0.05, 0) is 30.9 Å². The van der Waals surface area contributed by atoms with Gasteiger partial charge >= 0.3 is 5.97 Å². The first-order valence-electron chi connectivity index (χ1n) is 7.28. The number of aliphatic carboxylic acids is 1. The predicted octanol–water partition coefficient (Wildman–Crippen LogP) is 0.703. The number of nitrogens with zero attached hydrogens (tertiary/aromatic N) is 3. The lowest BCUT2D eigenvalue weighted by atomic mass is 9.95. The van der Waals surface area contributed by atoms with Crippen molar-refractivity contribution in [3.63, 3.8) is 0 Å². The van der Waals surface area contributed by atoms with Crippen molar-refractivity contribution >= 4 is 11.9 Å². The van der Waals surface area contributed by atoms with Gasteiger partial charge in [-0.3, -0.25) is 19.5 Å². The lowest BCUT2D eigenvalue weighted by Crippen LogP contribution is -2.46. The van der Waals surface area contributed by atoms with Gasteiger partial charge in [-0.25, -0.2) is 0 Å². The SMILES string of the molecule is O=C(O)CN1CC2CCC1CN(C(=O)c1ccncc1)C2. The monoisotopic (exact) mass is 289 g/mol. The molecule has 3 aliphatic rings. The standard InChI is InChI=1S/C15H19N3O3/c19-14(20)10-17-7-11-1-2-13(17)9-18(8-11)15(21)12-3-5-16-6-4-12/h3-6,11,13H,1-2,7-10H2,(H,19,20). The predicted molar refractivity (Wildman–Crippen MR) is 75.9 cm³/mol. The maximum Gasteiger partial charge on any atom is 0.317 e.